The van der Waals surface area contributed by atoms with E-state index in [1.807, 2.05) is 6.92 Å². The maximum atomic E-state index is 11.9. The van der Waals surface area contributed by atoms with Gasteiger partial charge < -0.3 is 10.6 Å². The van der Waals surface area contributed by atoms with Crippen molar-refractivity contribution in [3.63, 3.8) is 0 Å². The summed E-state index contributed by atoms with van der Waals surface area (Å²) < 4.78 is 26.4. The number of rotatable bonds is 5. The lowest BCUT2D eigenvalue weighted by Gasteiger charge is -2.35. The molecule has 1 fully saturated rings. The Kier molecular flexibility index (Phi) is 5.72. The van der Waals surface area contributed by atoms with Crippen LogP contribution in [0.15, 0.2) is 0 Å². The van der Waals surface area contributed by atoms with Gasteiger partial charge in [0.2, 0.25) is 5.91 Å². The molecule has 1 unspecified atom stereocenters. The molecule has 1 heterocycles. The lowest BCUT2D eigenvalue weighted by atomic mass is 10.1. The fourth-order valence-electron chi connectivity index (χ4n) is 1.91. The Hall–Kier alpha value is -0.700. The first-order valence-corrected chi connectivity index (χ1v) is 7.84. The van der Waals surface area contributed by atoms with Crippen molar-refractivity contribution in [2.45, 2.75) is 13.3 Å². The van der Waals surface area contributed by atoms with E-state index in [0.29, 0.717) is 39.1 Å². The average molecular weight is 292 g/mol. The van der Waals surface area contributed by atoms with E-state index >= 15 is 0 Å². The number of amides is 1. The topological polar surface area (TPSA) is 87.0 Å². The molecule has 0 aromatic carbocycles. The van der Waals surface area contributed by atoms with Crippen molar-refractivity contribution in [3.8, 4) is 0 Å². The first-order valence-electron chi connectivity index (χ1n) is 6.44. The molecule has 1 rings (SSSR count). The van der Waals surface area contributed by atoms with Crippen molar-refractivity contribution in [2.75, 3.05) is 46.8 Å². The highest BCUT2D eigenvalue weighted by atomic mass is 32.2. The zero-order valence-corrected chi connectivity index (χ0v) is 12.7. The summed E-state index contributed by atoms with van der Waals surface area (Å²) in [5.41, 5.74) is 5.50. The molecule has 8 heteroatoms. The van der Waals surface area contributed by atoms with Crippen LogP contribution in [0, 0.1) is 5.92 Å². The molecule has 1 atom stereocenters. The number of piperazine rings is 1. The summed E-state index contributed by atoms with van der Waals surface area (Å²) in [4.78, 5) is 13.7. The van der Waals surface area contributed by atoms with Crippen molar-refractivity contribution in [1.29, 1.82) is 0 Å². The Balaban J connectivity index is 2.52. The summed E-state index contributed by atoms with van der Waals surface area (Å²) in [5.74, 6) is 0.218. The maximum Gasteiger partial charge on any atom is 0.281 e. The van der Waals surface area contributed by atoms with Gasteiger partial charge in [0, 0.05) is 46.7 Å². The highest BCUT2D eigenvalue weighted by Crippen LogP contribution is 2.12. The van der Waals surface area contributed by atoms with Crippen LogP contribution in [0.5, 0.6) is 0 Å². The summed E-state index contributed by atoms with van der Waals surface area (Å²) in [5, 5.41) is 0. The van der Waals surface area contributed by atoms with E-state index in [0.717, 1.165) is 0 Å². The van der Waals surface area contributed by atoms with Crippen LogP contribution >= 0.6 is 0 Å². The molecular weight excluding hydrogens is 268 g/mol. The molecule has 1 aliphatic rings. The molecule has 112 valence electrons. The summed E-state index contributed by atoms with van der Waals surface area (Å²) in [6.45, 7) is 4.02. The normalized spacial score (nSPS) is 19.7. The highest BCUT2D eigenvalue weighted by Gasteiger charge is 2.30. The Labute approximate surface area is 115 Å². The molecule has 7 nitrogen and oxygen atoms in total. The second-order valence-corrected chi connectivity index (χ2v) is 7.26. The van der Waals surface area contributed by atoms with E-state index in [1.165, 1.54) is 22.7 Å². The Morgan fingerprint density at radius 3 is 2.21 bits per heavy atom. The van der Waals surface area contributed by atoms with E-state index in [9.17, 15) is 13.2 Å². The van der Waals surface area contributed by atoms with Gasteiger partial charge >= 0.3 is 0 Å². The number of hydrogen-bond donors (Lipinski definition) is 1. The summed E-state index contributed by atoms with van der Waals surface area (Å²) in [6, 6.07) is 0. The molecule has 1 aliphatic heterocycles. The van der Waals surface area contributed by atoms with Crippen molar-refractivity contribution in [1.82, 2.24) is 13.5 Å². The lowest BCUT2D eigenvalue weighted by Crippen LogP contribution is -2.53. The molecule has 19 heavy (non-hydrogen) atoms. The fourth-order valence-corrected chi connectivity index (χ4v) is 3.00. The van der Waals surface area contributed by atoms with Crippen molar-refractivity contribution < 1.29 is 13.2 Å². The summed E-state index contributed by atoms with van der Waals surface area (Å²) >= 11 is 0. The molecule has 0 radical (unpaired) electrons. The van der Waals surface area contributed by atoms with Crippen molar-refractivity contribution in [3.05, 3.63) is 0 Å². The van der Waals surface area contributed by atoms with Crippen LogP contribution in [0.3, 0.4) is 0 Å². The summed E-state index contributed by atoms with van der Waals surface area (Å²) in [6.07, 6.45) is 0.428. The predicted octanol–water partition coefficient (Wildman–Crippen LogP) is -1.08. The molecule has 1 amide bonds. The first-order chi connectivity index (χ1) is 8.78. The Morgan fingerprint density at radius 1 is 1.26 bits per heavy atom. The van der Waals surface area contributed by atoms with Gasteiger partial charge in [-0.2, -0.15) is 17.0 Å². The van der Waals surface area contributed by atoms with Crippen LogP contribution in [-0.4, -0.2) is 74.7 Å². The average Bonchev–Trinajstić information content (AvgIpc) is 2.38. The van der Waals surface area contributed by atoms with Gasteiger partial charge in [0.05, 0.1) is 0 Å². The third-order valence-corrected chi connectivity index (χ3v) is 5.25. The molecule has 0 aromatic heterocycles. The second kappa shape index (κ2) is 6.65. The zero-order chi connectivity index (χ0) is 14.6. The van der Waals surface area contributed by atoms with Gasteiger partial charge in [-0.25, -0.2) is 0 Å². The summed E-state index contributed by atoms with van der Waals surface area (Å²) in [7, 11) is -0.349. The number of carbonyl (C=O) groups is 1. The van der Waals surface area contributed by atoms with Gasteiger partial charge in [-0.1, -0.05) is 6.92 Å². The Morgan fingerprint density at radius 2 is 1.79 bits per heavy atom. The smallest absolute Gasteiger partial charge is 0.281 e. The van der Waals surface area contributed by atoms with E-state index < -0.39 is 10.2 Å². The van der Waals surface area contributed by atoms with Crippen LogP contribution in [0.25, 0.3) is 0 Å². The minimum atomic E-state index is -3.37. The number of hydrogen-bond acceptors (Lipinski definition) is 4. The van der Waals surface area contributed by atoms with Crippen LogP contribution in [0.2, 0.25) is 0 Å². The van der Waals surface area contributed by atoms with Crippen LogP contribution in [0.4, 0.5) is 0 Å². The standard InChI is InChI=1S/C11H24N4O3S/c1-10(9-12)8-11(16)14-4-6-15(7-5-14)19(17,18)13(2)3/h10H,4-9,12H2,1-3H3. The van der Waals surface area contributed by atoms with E-state index in [4.69, 9.17) is 5.73 Å². The highest BCUT2D eigenvalue weighted by molar-refractivity contribution is 7.86. The van der Waals surface area contributed by atoms with E-state index in [1.54, 1.807) is 4.90 Å². The van der Waals surface area contributed by atoms with Gasteiger partial charge in [-0.3, -0.25) is 4.79 Å². The predicted molar refractivity (Wildman–Crippen MR) is 73.6 cm³/mol. The fraction of sp³-hybridized carbons (Fsp3) is 0.909. The van der Waals surface area contributed by atoms with Gasteiger partial charge in [0.15, 0.2) is 0 Å². The molecule has 2 N–H and O–H groups in total. The SMILES string of the molecule is CC(CN)CC(=O)N1CCN(S(=O)(=O)N(C)C)CC1. The molecule has 0 aliphatic carbocycles. The first kappa shape index (κ1) is 16.4. The van der Waals surface area contributed by atoms with Crippen LogP contribution in [-0.2, 0) is 15.0 Å². The number of carbonyl (C=O) groups excluding carboxylic acids is 1. The second-order valence-electron chi connectivity index (χ2n) is 5.11. The quantitative estimate of drug-likeness (QED) is 0.698. The molecule has 1 saturated heterocycles. The minimum absolute atomic E-state index is 0.0554. The van der Waals surface area contributed by atoms with Crippen molar-refractivity contribution in [2.24, 2.45) is 11.7 Å². The zero-order valence-electron chi connectivity index (χ0n) is 11.9. The van der Waals surface area contributed by atoms with Crippen LogP contribution in [0.1, 0.15) is 13.3 Å². The van der Waals surface area contributed by atoms with Gasteiger partial charge in [0.25, 0.3) is 10.2 Å². The Bertz CT molecular complexity index is 402. The molecule has 0 spiro atoms. The van der Waals surface area contributed by atoms with E-state index in [2.05, 4.69) is 0 Å². The van der Waals surface area contributed by atoms with Crippen molar-refractivity contribution >= 4 is 16.1 Å². The molecular formula is C11H24N4O3S. The molecule has 0 bridgehead atoms. The van der Waals surface area contributed by atoms with Gasteiger partial charge in [0.1, 0.15) is 0 Å². The largest absolute Gasteiger partial charge is 0.340 e. The third-order valence-electron chi connectivity index (χ3n) is 3.30. The van der Waals surface area contributed by atoms with Crippen LogP contribution < -0.4 is 5.73 Å². The van der Waals surface area contributed by atoms with Gasteiger partial charge in [-0.15, -0.1) is 0 Å². The third kappa shape index (κ3) is 4.13. The maximum absolute atomic E-state index is 11.9. The number of nitrogens with zero attached hydrogens (tertiary/aromatic N) is 3. The van der Waals surface area contributed by atoms with E-state index in [-0.39, 0.29) is 11.8 Å². The molecule has 0 saturated carbocycles. The van der Waals surface area contributed by atoms with Gasteiger partial charge in [-0.05, 0) is 12.5 Å². The number of nitrogens with two attached hydrogens (primary N) is 1. The minimum Gasteiger partial charge on any atom is -0.340 e. The monoisotopic (exact) mass is 292 g/mol. The lowest BCUT2D eigenvalue weighted by molar-refractivity contribution is -0.133. The molecule has 0 aromatic rings.